The Bertz CT molecular complexity index is 1110. The summed E-state index contributed by atoms with van der Waals surface area (Å²) < 4.78 is 13.0. The molecule has 0 N–H and O–H groups in total. The van der Waals surface area contributed by atoms with Crippen LogP contribution >= 0.6 is 0 Å². The lowest BCUT2D eigenvalue weighted by Gasteiger charge is -2.60. The van der Waals surface area contributed by atoms with Gasteiger partial charge in [0, 0.05) is 24.4 Å². The maximum Gasteiger partial charge on any atom is 0.184 e. The van der Waals surface area contributed by atoms with Crippen molar-refractivity contribution in [3.8, 4) is 0 Å². The average Bonchev–Trinajstić information content (AvgIpc) is 3.21. The van der Waals surface area contributed by atoms with E-state index in [-0.39, 0.29) is 22.7 Å². The van der Waals surface area contributed by atoms with Crippen LogP contribution in [0.5, 0.6) is 0 Å². The maximum absolute atomic E-state index is 14.3. The molecule has 4 saturated carbocycles. The highest BCUT2D eigenvalue weighted by molar-refractivity contribution is 6.70. The summed E-state index contributed by atoms with van der Waals surface area (Å²) in [6.45, 7) is 19.4. The van der Waals surface area contributed by atoms with E-state index >= 15 is 0 Å². The van der Waals surface area contributed by atoms with Crippen molar-refractivity contribution in [2.75, 3.05) is 6.61 Å². The monoisotopic (exact) mass is 597 g/mol. The number of fused-ring (bicyclic) bond motifs is 5. The van der Waals surface area contributed by atoms with Crippen LogP contribution in [0.25, 0.3) is 0 Å². The van der Waals surface area contributed by atoms with Gasteiger partial charge in [0.25, 0.3) is 0 Å². The van der Waals surface area contributed by atoms with Gasteiger partial charge in [-0.1, -0.05) is 49.3 Å². The van der Waals surface area contributed by atoms with Crippen LogP contribution in [-0.2, 0) is 25.1 Å². The van der Waals surface area contributed by atoms with Crippen molar-refractivity contribution in [3.63, 3.8) is 0 Å². The van der Waals surface area contributed by atoms with Crippen molar-refractivity contribution in [1.82, 2.24) is 0 Å². The molecule has 8 atom stereocenters. The van der Waals surface area contributed by atoms with E-state index in [0.717, 1.165) is 37.0 Å². The molecule has 1 aromatic carbocycles. The number of carbonyl (C=O) groups is 1. The Morgan fingerprint density at radius 3 is 2.34 bits per heavy atom. The van der Waals surface area contributed by atoms with Crippen LogP contribution in [0.15, 0.2) is 35.5 Å². The lowest BCUT2D eigenvalue weighted by molar-refractivity contribution is -0.159. The van der Waals surface area contributed by atoms with Crippen LogP contribution in [0.2, 0.25) is 39.3 Å². The Hall–Kier alpha value is -1.29. The zero-order chi connectivity index (χ0) is 29.6. The van der Waals surface area contributed by atoms with Crippen LogP contribution in [-0.4, -0.2) is 40.8 Å². The van der Waals surface area contributed by atoms with E-state index in [4.69, 9.17) is 18.8 Å². The second-order valence-electron chi connectivity index (χ2n) is 16.2. The predicted molar refractivity (Wildman–Crippen MR) is 172 cm³/mol. The standard InChI is InChI=1S/C34H55NO4Si2/c1-33-19-18-26(39-41(6,7)8)20-25(33)14-15-27-28-16-17-29(34(28,2)21-31(36)32(27)33)30(23-38-40(3,4)5)35-37-22-24-12-10-9-11-13-24/h9-13,25-29,32H,14-23H2,1-8H3/b35-30+/t25-,26-,27+,28+,29-,32-,33+,34+/m1/s1. The summed E-state index contributed by atoms with van der Waals surface area (Å²) in [5, 5.41) is 4.78. The number of benzene rings is 1. The van der Waals surface area contributed by atoms with Crippen LogP contribution in [0.1, 0.15) is 70.8 Å². The Labute approximate surface area is 251 Å². The lowest BCUT2D eigenvalue weighted by atomic mass is 9.44. The Morgan fingerprint density at radius 2 is 1.66 bits per heavy atom. The van der Waals surface area contributed by atoms with Crippen molar-refractivity contribution in [1.29, 1.82) is 0 Å². The molecule has 4 aliphatic rings. The topological polar surface area (TPSA) is 57.1 Å². The lowest BCUT2D eigenvalue weighted by Crippen LogP contribution is -2.58. The minimum atomic E-state index is -1.75. The van der Waals surface area contributed by atoms with Gasteiger partial charge in [-0.2, -0.15) is 0 Å². The van der Waals surface area contributed by atoms with Crippen LogP contribution in [0.4, 0.5) is 0 Å². The summed E-state index contributed by atoms with van der Waals surface area (Å²) >= 11 is 0. The van der Waals surface area contributed by atoms with Gasteiger partial charge in [0.15, 0.2) is 16.6 Å². The van der Waals surface area contributed by atoms with Gasteiger partial charge in [-0.25, -0.2) is 0 Å². The van der Waals surface area contributed by atoms with Gasteiger partial charge in [-0.15, -0.1) is 0 Å². The number of hydrogen-bond acceptors (Lipinski definition) is 5. The third-order valence-electron chi connectivity index (χ3n) is 11.1. The fraction of sp³-hybridized carbons (Fsp3) is 0.765. The molecule has 228 valence electrons. The second kappa shape index (κ2) is 11.7. The number of carbonyl (C=O) groups excluding carboxylic acids is 1. The van der Waals surface area contributed by atoms with E-state index in [1.54, 1.807) is 0 Å². The highest BCUT2D eigenvalue weighted by Crippen LogP contribution is 2.66. The first-order valence-electron chi connectivity index (χ1n) is 16.3. The number of oxime groups is 1. The van der Waals surface area contributed by atoms with E-state index < -0.39 is 16.6 Å². The van der Waals surface area contributed by atoms with Crippen molar-refractivity contribution in [3.05, 3.63) is 35.9 Å². The second-order valence-corrected chi connectivity index (χ2v) is 25.2. The zero-order valence-corrected chi connectivity index (χ0v) is 29.0. The molecule has 4 aliphatic carbocycles. The quantitative estimate of drug-likeness (QED) is 0.163. The summed E-state index contributed by atoms with van der Waals surface area (Å²) in [6, 6.07) is 10.2. The molecule has 0 spiro atoms. The van der Waals surface area contributed by atoms with Crippen LogP contribution < -0.4 is 0 Å². The van der Waals surface area contributed by atoms with Crippen molar-refractivity contribution >= 4 is 28.1 Å². The number of nitrogens with zero attached hydrogens (tertiary/aromatic N) is 1. The molecular formula is C34H55NO4Si2. The van der Waals surface area contributed by atoms with E-state index in [1.165, 1.54) is 19.3 Å². The zero-order valence-electron chi connectivity index (χ0n) is 27.0. The van der Waals surface area contributed by atoms with E-state index in [9.17, 15) is 4.79 Å². The molecule has 0 unspecified atom stereocenters. The molecule has 5 rings (SSSR count). The number of ketones is 1. The van der Waals surface area contributed by atoms with Crippen molar-refractivity contribution in [2.24, 2.45) is 45.6 Å². The predicted octanol–water partition coefficient (Wildman–Crippen LogP) is 8.47. The van der Waals surface area contributed by atoms with Gasteiger partial charge in [0.2, 0.25) is 0 Å². The minimum Gasteiger partial charge on any atom is -0.415 e. The van der Waals surface area contributed by atoms with Gasteiger partial charge < -0.3 is 13.7 Å². The van der Waals surface area contributed by atoms with Gasteiger partial charge in [0.1, 0.15) is 12.4 Å². The van der Waals surface area contributed by atoms with Crippen molar-refractivity contribution < 1.29 is 18.5 Å². The SMILES string of the molecule is C[C@]12CC[C@@H](O[Si](C)(C)C)C[C@H]1CC[C@H]1[C@@H]3CC[C@H](/C(CO[Si](C)(C)C)=N/OCc4ccccc4)[C@@]3(C)CC(=O)[C@@H]12. The normalized spacial score (nSPS) is 37.8. The largest absolute Gasteiger partial charge is 0.415 e. The Kier molecular flexibility index (Phi) is 8.86. The molecule has 7 heteroatoms. The molecule has 1 aromatic rings. The maximum atomic E-state index is 14.3. The van der Waals surface area contributed by atoms with Crippen LogP contribution in [0, 0.1) is 40.4 Å². The van der Waals surface area contributed by atoms with Gasteiger partial charge in [-0.3, -0.25) is 4.79 Å². The Balaban J connectivity index is 1.35. The first-order valence-corrected chi connectivity index (χ1v) is 23.1. The average molecular weight is 598 g/mol. The van der Waals surface area contributed by atoms with Gasteiger partial charge >= 0.3 is 0 Å². The molecule has 0 radical (unpaired) electrons. The fourth-order valence-electron chi connectivity index (χ4n) is 9.43. The molecule has 5 nitrogen and oxygen atoms in total. The number of Topliss-reactive ketones (excluding diaryl/α,β-unsaturated/α-hetero) is 1. The third kappa shape index (κ3) is 6.63. The highest BCUT2D eigenvalue weighted by atomic mass is 28.4. The molecule has 41 heavy (non-hydrogen) atoms. The molecule has 0 saturated heterocycles. The summed E-state index contributed by atoms with van der Waals surface area (Å²) in [5.74, 6) is 2.63. The molecular weight excluding hydrogens is 543 g/mol. The molecule has 0 aromatic heterocycles. The first kappa shape index (κ1) is 31.1. The summed E-state index contributed by atoms with van der Waals surface area (Å²) in [7, 11) is -3.31. The molecule has 0 aliphatic heterocycles. The fourth-order valence-corrected chi connectivity index (χ4v) is 11.2. The molecule has 0 amide bonds. The van der Waals surface area contributed by atoms with E-state index in [2.05, 4.69) is 65.3 Å². The molecule has 0 heterocycles. The third-order valence-corrected chi connectivity index (χ3v) is 13.2. The molecule has 4 fully saturated rings. The van der Waals surface area contributed by atoms with Gasteiger partial charge in [0.05, 0.1) is 12.3 Å². The first-order chi connectivity index (χ1) is 19.2. The van der Waals surface area contributed by atoms with Crippen molar-refractivity contribution in [2.45, 2.75) is 117 Å². The molecule has 0 bridgehead atoms. The smallest absolute Gasteiger partial charge is 0.184 e. The summed E-state index contributed by atoms with van der Waals surface area (Å²) in [5.41, 5.74) is 2.18. The summed E-state index contributed by atoms with van der Waals surface area (Å²) in [4.78, 5) is 20.3. The number of hydrogen-bond donors (Lipinski definition) is 0. The highest BCUT2D eigenvalue weighted by Gasteiger charge is 2.64. The summed E-state index contributed by atoms with van der Waals surface area (Å²) in [6.07, 6.45) is 9.14. The van der Waals surface area contributed by atoms with Crippen LogP contribution in [0.3, 0.4) is 0 Å². The number of rotatable bonds is 9. The Morgan fingerprint density at radius 1 is 0.927 bits per heavy atom. The van der Waals surface area contributed by atoms with E-state index in [0.29, 0.717) is 49.3 Å². The van der Waals surface area contributed by atoms with Gasteiger partial charge in [-0.05, 0) is 118 Å². The van der Waals surface area contributed by atoms with E-state index in [1.807, 2.05) is 18.2 Å². The minimum absolute atomic E-state index is 0.0721.